The van der Waals surface area contributed by atoms with Crippen molar-refractivity contribution < 1.29 is 4.79 Å². The number of carbonyl (C=O) groups is 1. The smallest absolute Gasteiger partial charge is 0.179 e. The first-order valence-corrected chi connectivity index (χ1v) is 10.2. The third-order valence-electron chi connectivity index (χ3n) is 3.38. The van der Waals surface area contributed by atoms with Crippen molar-refractivity contribution in [2.45, 2.75) is 6.92 Å². The van der Waals surface area contributed by atoms with Gasteiger partial charge >= 0.3 is 0 Å². The second-order valence-corrected chi connectivity index (χ2v) is 7.49. The first-order chi connectivity index (χ1) is 15.7. The molecule has 0 fully saturated rings. The standard InChI is InChI=1S/C8H6ClN3O.C7H9ClN4.C4H4ClN3/c1-5(13)6-4-10-8-3-2-7(9)11-12(6)8;1-12(2)5-9-7-4-3-6(8)10-11-7;5-3-1-2-4(6)8-7-3/h2-4H,1H3;3-5H,1-2H3;1-2H,(H2,6,8). The third kappa shape index (κ3) is 8.93. The van der Waals surface area contributed by atoms with Gasteiger partial charge in [0.15, 0.2) is 27.6 Å². The lowest BCUT2D eigenvalue weighted by Crippen LogP contribution is -2.07. The highest BCUT2D eigenvalue weighted by molar-refractivity contribution is 6.29. The van der Waals surface area contributed by atoms with E-state index in [0.29, 0.717) is 38.4 Å². The van der Waals surface area contributed by atoms with Gasteiger partial charge in [0.1, 0.15) is 16.7 Å². The van der Waals surface area contributed by atoms with Gasteiger partial charge in [0.05, 0.1) is 12.5 Å². The van der Waals surface area contributed by atoms with Crippen LogP contribution in [0, 0.1) is 0 Å². The number of halogens is 3. The molecule has 0 aliphatic heterocycles. The number of rotatable bonds is 3. The molecule has 0 amide bonds. The predicted molar refractivity (Wildman–Crippen MR) is 128 cm³/mol. The largest absolute Gasteiger partial charge is 0.382 e. The molecule has 4 heterocycles. The first-order valence-electron chi connectivity index (χ1n) is 9.11. The van der Waals surface area contributed by atoms with Crippen LogP contribution >= 0.6 is 34.8 Å². The van der Waals surface area contributed by atoms with E-state index in [2.05, 4.69) is 35.5 Å². The Hall–Kier alpha value is -3.41. The summed E-state index contributed by atoms with van der Waals surface area (Å²) in [7, 11) is 3.76. The molecule has 33 heavy (non-hydrogen) atoms. The fourth-order valence-electron chi connectivity index (χ4n) is 1.97. The van der Waals surface area contributed by atoms with Crippen molar-refractivity contribution in [3.8, 4) is 0 Å². The fraction of sp³-hybridized carbons (Fsp3) is 0.158. The SMILES string of the molecule is CC(=O)c1cnc2ccc(Cl)nn12.CN(C)C=Nc1ccc(Cl)nn1.Nc1ccc(Cl)nn1. The van der Waals surface area contributed by atoms with Gasteiger partial charge < -0.3 is 10.6 Å². The number of nitrogen functional groups attached to an aromatic ring is 1. The monoisotopic (exact) mass is 508 g/mol. The zero-order chi connectivity index (χ0) is 24.4. The number of anilines is 1. The van der Waals surface area contributed by atoms with E-state index in [-0.39, 0.29) is 5.78 Å². The van der Waals surface area contributed by atoms with Gasteiger partial charge in [-0.25, -0.2) is 14.5 Å². The second kappa shape index (κ2) is 12.6. The highest BCUT2D eigenvalue weighted by Gasteiger charge is 2.08. The maximum absolute atomic E-state index is 11.1. The van der Waals surface area contributed by atoms with Crippen molar-refractivity contribution in [1.29, 1.82) is 0 Å². The number of aliphatic imine (C=N–C) groups is 1. The molecule has 0 saturated heterocycles. The summed E-state index contributed by atoms with van der Waals surface area (Å²) < 4.78 is 1.44. The molecule has 0 aliphatic rings. The van der Waals surface area contributed by atoms with Gasteiger partial charge in [0, 0.05) is 21.0 Å². The first kappa shape index (κ1) is 25.8. The van der Waals surface area contributed by atoms with E-state index in [1.54, 1.807) is 42.7 Å². The Morgan fingerprint density at radius 3 is 2.12 bits per heavy atom. The molecule has 0 saturated carbocycles. The molecule has 0 spiro atoms. The number of fused-ring (bicyclic) bond motifs is 1. The van der Waals surface area contributed by atoms with Gasteiger partial charge in [-0.2, -0.15) is 5.10 Å². The maximum atomic E-state index is 11.1. The van der Waals surface area contributed by atoms with E-state index in [1.807, 2.05) is 19.0 Å². The van der Waals surface area contributed by atoms with Crippen molar-refractivity contribution in [3.05, 3.63) is 63.7 Å². The molecule has 11 nitrogen and oxygen atoms in total. The molecule has 0 atom stereocenters. The normalized spacial score (nSPS) is 10.2. The molecule has 0 aromatic carbocycles. The average molecular weight is 510 g/mol. The van der Waals surface area contributed by atoms with Crippen LogP contribution in [0.25, 0.3) is 5.65 Å². The molecular formula is C19H19Cl3N10O. The van der Waals surface area contributed by atoms with E-state index in [0.717, 1.165) is 0 Å². The molecule has 4 aromatic rings. The van der Waals surface area contributed by atoms with E-state index < -0.39 is 0 Å². The predicted octanol–water partition coefficient (Wildman–Crippen LogP) is 3.65. The Morgan fingerprint density at radius 1 is 0.970 bits per heavy atom. The number of nitrogens with two attached hydrogens (primary N) is 1. The van der Waals surface area contributed by atoms with Crippen LogP contribution in [0.4, 0.5) is 11.6 Å². The Balaban J connectivity index is 0.000000180. The summed E-state index contributed by atoms with van der Waals surface area (Å²) in [6.45, 7) is 1.46. The Bertz CT molecular complexity index is 1190. The highest BCUT2D eigenvalue weighted by Crippen LogP contribution is 2.09. The van der Waals surface area contributed by atoms with Crippen LogP contribution in [0.5, 0.6) is 0 Å². The number of hydrogen-bond acceptors (Lipinski definition) is 9. The lowest BCUT2D eigenvalue weighted by atomic mass is 10.3. The molecule has 4 rings (SSSR count). The second-order valence-electron chi connectivity index (χ2n) is 6.33. The van der Waals surface area contributed by atoms with Gasteiger partial charge in [-0.1, -0.05) is 34.8 Å². The summed E-state index contributed by atoms with van der Waals surface area (Å²) in [6.07, 6.45) is 3.14. The zero-order valence-corrected chi connectivity index (χ0v) is 20.0. The molecule has 4 aromatic heterocycles. The molecule has 0 radical (unpaired) electrons. The lowest BCUT2D eigenvalue weighted by molar-refractivity contribution is 0.101. The fourth-order valence-corrected chi connectivity index (χ4v) is 2.31. The number of hydrogen-bond donors (Lipinski definition) is 1. The highest BCUT2D eigenvalue weighted by atomic mass is 35.5. The van der Waals surface area contributed by atoms with Crippen molar-refractivity contribution in [2.24, 2.45) is 4.99 Å². The van der Waals surface area contributed by atoms with Crippen molar-refractivity contribution >= 4 is 64.2 Å². The quantitative estimate of drug-likeness (QED) is 0.249. The lowest BCUT2D eigenvalue weighted by Gasteiger charge is -2.00. The number of imidazole rings is 1. The number of nitrogens with zero attached hydrogens (tertiary/aromatic N) is 9. The summed E-state index contributed by atoms with van der Waals surface area (Å²) in [5.74, 6) is 0.852. The van der Waals surface area contributed by atoms with Gasteiger partial charge in [-0.3, -0.25) is 4.79 Å². The van der Waals surface area contributed by atoms with Crippen molar-refractivity contribution in [2.75, 3.05) is 19.8 Å². The zero-order valence-electron chi connectivity index (χ0n) is 17.8. The van der Waals surface area contributed by atoms with Crippen LogP contribution in [0.1, 0.15) is 17.4 Å². The van der Waals surface area contributed by atoms with Crippen LogP contribution in [-0.2, 0) is 0 Å². The Labute approximate surface area is 204 Å². The topological polar surface area (TPSA) is 140 Å². The molecule has 14 heteroatoms. The van der Waals surface area contributed by atoms with Crippen LogP contribution in [-0.4, -0.2) is 66.1 Å². The molecule has 0 bridgehead atoms. The number of ketones is 1. The summed E-state index contributed by atoms with van der Waals surface area (Å²) in [5.41, 5.74) is 6.26. The van der Waals surface area contributed by atoms with Gasteiger partial charge in [-0.05, 0) is 36.4 Å². The minimum Gasteiger partial charge on any atom is -0.382 e. The van der Waals surface area contributed by atoms with Crippen molar-refractivity contribution in [3.63, 3.8) is 0 Å². The van der Waals surface area contributed by atoms with Gasteiger partial charge in [-0.15, -0.1) is 20.4 Å². The maximum Gasteiger partial charge on any atom is 0.179 e. The summed E-state index contributed by atoms with van der Waals surface area (Å²) in [5, 5.41) is 19.4. The minimum atomic E-state index is -0.0812. The van der Waals surface area contributed by atoms with Crippen LogP contribution in [0.3, 0.4) is 0 Å². The van der Waals surface area contributed by atoms with Gasteiger partial charge in [0.2, 0.25) is 0 Å². The average Bonchev–Trinajstić information content (AvgIpc) is 3.20. The molecule has 0 aliphatic carbocycles. The van der Waals surface area contributed by atoms with Gasteiger partial charge in [0.25, 0.3) is 0 Å². The molecule has 0 unspecified atom stereocenters. The summed E-state index contributed by atoms with van der Waals surface area (Å²) >= 11 is 16.6. The summed E-state index contributed by atoms with van der Waals surface area (Å²) in [4.78, 5) is 20.9. The van der Waals surface area contributed by atoms with E-state index in [4.69, 9.17) is 40.5 Å². The third-order valence-corrected chi connectivity index (χ3v) is 3.99. The number of carbonyl (C=O) groups excluding carboxylic acids is 1. The Kier molecular flexibility index (Phi) is 9.85. The molecular weight excluding hydrogens is 491 g/mol. The summed E-state index contributed by atoms with van der Waals surface area (Å²) in [6, 6.07) is 9.88. The molecule has 172 valence electrons. The minimum absolute atomic E-state index is 0.0812. The van der Waals surface area contributed by atoms with Crippen LogP contribution in [0.2, 0.25) is 15.5 Å². The number of Topliss-reactive ketones (excluding diaryl/α,β-unsaturated/α-hetero) is 1. The molecule has 2 N–H and O–H groups in total. The van der Waals surface area contributed by atoms with E-state index in [1.165, 1.54) is 17.6 Å². The van der Waals surface area contributed by atoms with E-state index >= 15 is 0 Å². The number of aromatic nitrogens is 7. The van der Waals surface area contributed by atoms with E-state index in [9.17, 15) is 4.79 Å². The van der Waals surface area contributed by atoms with Crippen LogP contribution in [0.15, 0.2) is 47.6 Å². The van der Waals surface area contributed by atoms with Crippen LogP contribution < -0.4 is 5.73 Å². The van der Waals surface area contributed by atoms with Crippen molar-refractivity contribution in [1.82, 2.24) is 39.9 Å². The Morgan fingerprint density at radius 2 is 1.61 bits per heavy atom.